The van der Waals surface area contributed by atoms with Gasteiger partial charge in [0.1, 0.15) is 5.75 Å². The minimum Gasteiger partial charge on any atom is -0.506 e. The Kier molecular flexibility index (Phi) is 10.5. The highest BCUT2D eigenvalue weighted by molar-refractivity contribution is 5.87. The maximum absolute atomic E-state index is 13.8. The predicted octanol–water partition coefficient (Wildman–Crippen LogP) is 6.04. The highest BCUT2D eigenvalue weighted by atomic mass is 19.2. The van der Waals surface area contributed by atoms with Gasteiger partial charge in [-0.1, -0.05) is 43.9 Å². The molecule has 1 aliphatic carbocycles. The number of amides is 1. The van der Waals surface area contributed by atoms with Gasteiger partial charge in [0.15, 0.2) is 11.6 Å². The summed E-state index contributed by atoms with van der Waals surface area (Å²) in [7, 11) is 0. The van der Waals surface area contributed by atoms with E-state index in [0.717, 1.165) is 68.4 Å². The molecular formula is C31H38F2N2O4. The van der Waals surface area contributed by atoms with E-state index in [-0.39, 0.29) is 54.9 Å². The van der Waals surface area contributed by atoms with Crippen LogP contribution in [0.4, 0.5) is 8.78 Å². The van der Waals surface area contributed by atoms with E-state index in [0.29, 0.717) is 12.1 Å². The third kappa shape index (κ3) is 7.88. The van der Waals surface area contributed by atoms with Crippen LogP contribution in [0.5, 0.6) is 5.75 Å². The molecule has 6 nitrogen and oxygen atoms in total. The number of unbranched alkanes of at least 4 members (excludes halogenated alkanes) is 2. The molecule has 0 radical (unpaired) electrons. The van der Waals surface area contributed by atoms with Gasteiger partial charge in [0.05, 0.1) is 25.2 Å². The lowest BCUT2D eigenvalue weighted by atomic mass is 9.93. The Bertz CT molecular complexity index is 1300. The maximum Gasteiger partial charge on any atom is 0.248 e. The summed E-state index contributed by atoms with van der Waals surface area (Å²) >= 11 is 0. The molecule has 4 rings (SSSR count). The van der Waals surface area contributed by atoms with Crippen LogP contribution in [-0.2, 0) is 22.4 Å². The monoisotopic (exact) mass is 540 g/mol. The maximum atomic E-state index is 13.8. The Hall–Kier alpha value is -3.26. The van der Waals surface area contributed by atoms with Crippen LogP contribution in [-0.4, -0.2) is 46.7 Å². The molecule has 0 bridgehead atoms. The Labute approximate surface area is 228 Å². The lowest BCUT2D eigenvalue weighted by Crippen LogP contribution is -2.42. The number of phenols is 1. The predicted molar refractivity (Wildman–Crippen MR) is 148 cm³/mol. The molecule has 8 heteroatoms. The summed E-state index contributed by atoms with van der Waals surface area (Å²) in [5, 5.41) is 10.9. The van der Waals surface area contributed by atoms with Crippen LogP contribution in [0.15, 0.2) is 47.3 Å². The summed E-state index contributed by atoms with van der Waals surface area (Å²) in [4.78, 5) is 29.5. The summed E-state index contributed by atoms with van der Waals surface area (Å²) in [6, 6.07) is 11.1. The number of halogens is 2. The van der Waals surface area contributed by atoms with E-state index in [4.69, 9.17) is 4.74 Å². The molecule has 3 aromatic rings. The van der Waals surface area contributed by atoms with Crippen LogP contribution in [0.3, 0.4) is 0 Å². The zero-order valence-corrected chi connectivity index (χ0v) is 22.4. The van der Waals surface area contributed by atoms with Gasteiger partial charge in [0.25, 0.3) is 0 Å². The number of H-pyrrole nitrogens is 1. The van der Waals surface area contributed by atoms with Crippen molar-refractivity contribution in [1.82, 2.24) is 9.88 Å². The second kappa shape index (κ2) is 14.2. The third-order valence-corrected chi connectivity index (χ3v) is 7.65. The number of aryl methyl sites for hydroxylation is 1. The largest absolute Gasteiger partial charge is 0.506 e. The molecule has 0 aliphatic heterocycles. The van der Waals surface area contributed by atoms with Crippen molar-refractivity contribution in [1.29, 1.82) is 0 Å². The highest BCUT2D eigenvalue weighted by Crippen LogP contribution is 2.27. The minimum atomic E-state index is -0.862. The van der Waals surface area contributed by atoms with E-state index in [1.807, 2.05) is 11.0 Å². The van der Waals surface area contributed by atoms with E-state index in [9.17, 15) is 23.5 Å². The molecule has 1 amide bonds. The van der Waals surface area contributed by atoms with Gasteiger partial charge in [-0.25, -0.2) is 8.78 Å². The Morgan fingerprint density at radius 3 is 2.59 bits per heavy atom. The van der Waals surface area contributed by atoms with Crippen LogP contribution in [0.2, 0.25) is 0 Å². The van der Waals surface area contributed by atoms with Gasteiger partial charge >= 0.3 is 0 Å². The Balaban J connectivity index is 1.23. The SMILES string of the molecule is O=C(CCOCCc1cccc(F)c1F)N(CCCCCc1ccc(O)c2[nH]c(=O)ccc12)C1CCCCC1. The number of nitrogens with zero attached hydrogens (tertiary/aromatic N) is 1. The summed E-state index contributed by atoms with van der Waals surface area (Å²) in [6.45, 7) is 1.20. The van der Waals surface area contributed by atoms with Crippen molar-refractivity contribution < 1.29 is 23.4 Å². The minimum absolute atomic E-state index is 0.0678. The van der Waals surface area contributed by atoms with E-state index < -0.39 is 11.6 Å². The Morgan fingerprint density at radius 2 is 1.77 bits per heavy atom. The number of hydrogen-bond acceptors (Lipinski definition) is 4. The standard InChI is InChI=1S/C31H38F2N2O4/c32-26-12-7-9-23(30(26)33)17-20-39-21-18-29(38)35(24-10-4-1-5-11-24)19-6-2-3-8-22-13-15-27(36)31-25(22)14-16-28(37)34-31/h7,9,12-16,24,36H,1-6,8,10-11,17-21H2,(H,34,37). The molecule has 0 saturated heterocycles. The van der Waals surface area contributed by atoms with Gasteiger partial charge in [-0.15, -0.1) is 0 Å². The first-order valence-electron chi connectivity index (χ1n) is 14.1. The van der Waals surface area contributed by atoms with Crippen molar-refractivity contribution in [2.24, 2.45) is 0 Å². The summed E-state index contributed by atoms with van der Waals surface area (Å²) in [5.74, 6) is -1.54. The second-order valence-electron chi connectivity index (χ2n) is 10.4. The van der Waals surface area contributed by atoms with Gasteiger partial charge in [-0.05, 0) is 67.9 Å². The number of pyridine rings is 1. The topological polar surface area (TPSA) is 82.6 Å². The van der Waals surface area contributed by atoms with Crippen LogP contribution in [0.1, 0.15) is 68.9 Å². The molecule has 1 saturated carbocycles. The molecule has 1 heterocycles. The molecule has 1 aromatic heterocycles. The Morgan fingerprint density at radius 1 is 0.949 bits per heavy atom. The lowest BCUT2D eigenvalue weighted by molar-refractivity contribution is -0.135. The summed E-state index contributed by atoms with van der Waals surface area (Å²) in [5.41, 5.74) is 1.58. The number of carbonyl (C=O) groups is 1. The molecule has 0 unspecified atom stereocenters. The van der Waals surface area contributed by atoms with Gasteiger partial charge in [-0.2, -0.15) is 0 Å². The first kappa shape index (κ1) is 28.7. The highest BCUT2D eigenvalue weighted by Gasteiger charge is 2.24. The van der Waals surface area contributed by atoms with Gasteiger partial charge < -0.3 is 19.7 Å². The number of rotatable bonds is 13. The molecular weight excluding hydrogens is 502 g/mol. The average molecular weight is 541 g/mol. The number of nitrogens with one attached hydrogen (secondary N) is 1. The number of phenolic OH excluding ortho intramolecular Hbond substituents is 1. The van der Waals surface area contributed by atoms with Crippen LogP contribution in [0, 0.1) is 11.6 Å². The second-order valence-corrected chi connectivity index (χ2v) is 10.4. The van der Waals surface area contributed by atoms with E-state index in [1.54, 1.807) is 18.2 Å². The van der Waals surface area contributed by atoms with Crippen LogP contribution >= 0.6 is 0 Å². The fourth-order valence-corrected chi connectivity index (χ4v) is 5.52. The molecule has 39 heavy (non-hydrogen) atoms. The number of fused-ring (bicyclic) bond motifs is 1. The number of carbonyl (C=O) groups excluding carboxylic acids is 1. The van der Waals surface area contributed by atoms with Crippen molar-refractivity contribution in [3.63, 3.8) is 0 Å². The molecule has 1 fully saturated rings. The molecule has 210 valence electrons. The van der Waals surface area contributed by atoms with Crippen LogP contribution in [0.25, 0.3) is 10.9 Å². The van der Waals surface area contributed by atoms with E-state index in [1.165, 1.54) is 18.6 Å². The van der Waals surface area contributed by atoms with Gasteiger partial charge in [-0.3, -0.25) is 9.59 Å². The number of ether oxygens (including phenoxy) is 1. The summed E-state index contributed by atoms with van der Waals surface area (Å²) in [6.07, 6.45) is 9.70. The zero-order chi connectivity index (χ0) is 27.6. The number of aromatic hydroxyl groups is 1. The fraction of sp³-hybridized carbons (Fsp3) is 0.484. The van der Waals surface area contributed by atoms with E-state index >= 15 is 0 Å². The normalized spacial score (nSPS) is 14.1. The fourth-order valence-electron chi connectivity index (χ4n) is 5.52. The number of aromatic amines is 1. The molecule has 1 aliphatic rings. The number of aromatic nitrogens is 1. The van der Waals surface area contributed by atoms with Crippen molar-refractivity contribution in [3.05, 3.63) is 75.6 Å². The quantitative estimate of drug-likeness (QED) is 0.259. The smallest absolute Gasteiger partial charge is 0.248 e. The first-order chi connectivity index (χ1) is 18.9. The number of hydrogen-bond donors (Lipinski definition) is 2. The summed E-state index contributed by atoms with van der Waals surface area (Å²) < 4.78 is 32.8. The van der Waals surface area contributed by atoms with E-state index in [2.05, 4.69) is 4.98 Å². The zero-order valence-electron chi connectivity index (χ0n) is 22.4. The van der Waals surface area contributed by atoms with Crippen molar-refractivity contribution >= 4 is 16.8 Å². The molecule has 0 atom stereocenters. The first-order valence-corrected chi connectivity index (χ1v) is 14.1. The van der Waals surface area contributed by atoms with Crippen molar-refractivity contribution in [2.75, 3.05) is 19.8 Å². The average Bonchev–Trinajstić information content (AvgIpc) is 2.94. The van der Waals surface area contributed by atoms with Gasteiger partial charge in [0.2, 0.25) is 11.5 Å². The molecule has 2 aromatic carbocycles. The van der Waals surface area contributed by atoms with Crippen molar-refractivity contribution in [2.45, 2.75) is 76.7 Å². The van der Waals surface area contributed by atoms with Gasteiger partial charge in [0, 0.05) is 24.0 Å². The van der Waals surface area contributed by atoms with Crippen LogP contribution < -0.4 is 5.56 Å². The molecule has 0 spiro atoms. The van der Waals surface area contributed by atoms with Crippen molar-refractivity contribution in [3.8, 4) is 5.75 Å². The lowest BCUT2D eigenvalue weighted by Gasteiger charge is -2.34. The molecule has 2 N–H and O–H groups in total. The number of benzene rings is 2. The third-order valence-electron chi connectivity index (χ3n) is 7.65.